The molecule has 0 aromatic heterocycles. The Hall–Kier alpha value is -1.35. The van der Waals surface area contributed by atoms with Gasteiger partial charge in [0.25, 0.3) is 0 Å². The zero-order valence-electron chi connectivity index (χ0n) is 11.9. The van der Waals surface area contributed by atoms with Gasteiger partial charge in [-0.1, -0.05) is 12.5 Å². The van der Waals surface area contributed by atoms with Crippen molar-refractivity contribution in [3.63, 3.8) is 0 Å². The predicted molar refractivity (Wildman–Crippen MR) is 76.8 cm³/mol. The first-order valence-corrected chi connectivity index (χ1v) is 7.09. The summed E-state index contributed by atoms with van der Waals surface area (Å²) >= 11 is 0. The lowest BCUT2D eigenvalue weighted by molar-refractivity contribution is 0.0978. The third-order valence-electron chi connectivity index (χ3n) is 3.78. The number of Topliss-reactive ketones (excluding diaryl/α,β-unsaturated/α-hetero) is 1. The normalized spacial score (nSPS) is 15.1. The van der Waals surface area contributed by atoms with E-state index in [1.165, 1.54) is 19.3 Å². The van der Waals surface area contributed by atoms with Crippen LogP contribution < -0.4 is 10.5 Å². The Balaban J connectivity index is 2.19. The molecule has 1 aliphatic carbocycles. The second-order valence-electron chi connectivity index (χ2n) is 5.53. The van der Waals surface area contributed by atoms with Crippen molar-refractivity contribution in [3.8, 4) is 5.75 Å². The fourth-order valence-corrected chi connectivity index (χ4v) is 2.48. The summed E-state index contributed by atoms with van der Waals surface area (Å²) in [6.45, 7) is 5.12. The van der Waals surface area contributed by atoms with Crippen LogP contribution in [0, 0.1) is 19.8 Å². The van der Waals surface area contributed by atoms with Crippen LogP contribution in [0.2, 0.25) is 0 Å². The lowest BCUT2D eigenvalue weighted by Crippen LogP contribution is -2.20. The van der Waals surface area contributed by atoms with Crippen LogP contribution in [-0.4, -0.2) is 18.9 Å². The Kier molecular flexibility index (Phi) is 4.59. The molecule has 0 unspecified atom stereocenters. The lowest BCUT2D eigenvalue weighted by Gasteiger charge is -2.26. The highest BCUT2D eigenvalue weighted by Gasteiger charge is 2.20. The summed E-state index contributed by atoms with van der Waals surface area (Å²) in [7, 11) is 0. The first kappa shape index (κ1) is 14.1. The monoisotopic (exact) mass is 261 g/mol. The molecule has 0 radical (unpaired) electrons. The number of carbonyl (C=O) groups excluding carboxylic acids is 1. The van der Waals surface area contributed by atoms with Gasteiger partial charge in [0.2, 0.25) is 0 Å². The first-order valence-electron chi connectivity index (χ1n) is 7.09. The molecule has 1 aromatic carbocycles. The Bertz CT molecular complexity index is 464. The fraction of sp³-hybridized carbons (Fsp3) is 0.562. The molecule has 1 aliphatic rings. The Morgan fingerprint density at radius 3 is 2.68 bits per heavy atom. The van der Waals surface area contributed by atoms with Crippen molar-refractivity contribution < 1.29 is 9.53 Å². The summed E-state index contributed by atoms with van der Waals surface area (Å²) in [4.78, 5) is 12.1. The topological polar surface area (TPSA) is 52.3 Å². The number of carbonyl (C=O) groups is 1. The molecule has 0 atom stereocenters. The van der Waals surface area contributed by atoms with Gasteiger partial charge >= 0.3 is 0 Å². The average Bonchev–Trinajstić information content (AvgIpc) is 2.29. The third kappa shape index (κ3) is 3.35. The van der Waals surface area contributed by atoms with E-state index in [1.54, 1.807) is 0 Å². The molecule has 19 heavy (non-hydrogen) atoms. The SMILES string of the molecule is Cc1cc(C)c(OCC2CCC2)c(C(=O)CCN)c1. The van der Waals surface area contributed by atoms with Gasteiger partial charge in [0.1, 0.15) is 5.75 Å². The minimum atomic E-state index is 0.0814. The largest absolute Gasteiger partial charge is 0.492 e. The maximum absolute atomic E-state index is 12.1. The smallest absolute Gasteiger partial charge is 0.167 e. The summed E-state index contributed by atoms with van der Waals surface area (Å²) < 4.78 is 5.93. The van der Waals surface area contributed by atoms with Gasteiger partial charge in [-0.3, -0.25) is 4.79 Å². The minimum Gasteiger partial charge on any atom is -0.492 e. The molecule has 0 aliphatic heterocycles. The van der Waals surface area contributed by atoms with Gasteiger partial charge in [-0.25, -0.2) is 0 Å². The molecule has 1 aromatic rings. The van der Waals surface area contributed by atoms with Crippen molar-refractivity contribution in [1.29, 1.82) is 0 Å². The molecule has 2 N–H and O–H groups in total. The Labute approximate surface area is 115 Å². The molecule has 0 amide bonds. The quantitative estimate of drug-likeness (QED) is 0.801. The Morgan fingerprint density at radius 1 is 1.37 bits per heavy atom. The van der Waals surface area contributed by atoms with Crippen LogP contribution >= 0.6 is 0 Å². The number of benzene rings is 1. The molecule has 1 saturated carbocycles. The average molecular weight is 261 g/mol. The van der Waals surface area contributed by atoms with Crippen LogP contribution in [0.15, 0.2) is 12.1 Å². The maximum atomic E-state index is 12.1. The summed E-state index contributed by atoms with van der Waals surface area (Å²) in [5, 5.41) is 0. The highest BCUT2D eigenvalue weighted by molar-refractivity contribution is 5.99. The molecule has 0 heterocycles. The molecule has 0 spiro atoms. The number of ketones is 1. The van der Waals surface area contributed by atoms with E-state index >= 15 is 0 Å². The van der Waals surface area contributed by atoms with E-state index < -0.39 is 0 Å². The van der Waals surface area contributed by atoms with E-state index in [-0.39, 0.29) is 5.78 Å². The predicted octanol–water partition coefficient (Wildman–Crippen LogP) is 3.01. The number of hydrogen-bond donors (Lipinski definition) is 1. The van der Waals surface area contributed by atoms with Crippen molar-refractivity contribution in [2.45, 2.75) is 39.5 Å². The molecular weight excluding hydrogens is 238 g/mol. The number of ether oxygens (including phenoxy) is 1. The highest BCUT2D eigenvalue weighted by atomic mass is 16.5. The second kappa shape index (κ2) is 6.20. The van der Waals surface area contributed by atoms with E-state index in [0.29, 0.717) is 24.4 Å². The van der Waals surface area contributed by atoms with Gasteiger partial charge in [0, 0.05) is 6.42 Å². The van der Waals surface area contributed by atoms with Crippen molar-refractivity contribution in [2.24, 2.45) is 11.7 Å². The molecule has 0 saturated heterocycles. The number of nitrogens with two attached hydrogens (primary N) is 1. The van der Waals surface area contributed by atoms with E-state index in [4.69, 9.17) is 10.5 Å². The van der Waals surface area contributed by atoms with Gasteiger partial charge < -0.3 is 10.5 Å². The van der Waals surface area contributed by atoms with Gasteiger partial charge in [0.05, 0.1) is 12.2 Å². The first-order chi connectivity index (χ1) is 9.11. The molecule has 3 heteroatoms. The van der Waals surface area contributed by atoms with Crippen LogP contribution in [0.5, 0.6) is 5.75 Å². The highest BCUT2D eigenvalue weighted by Crippen LogP contribution is 2.31. The Morgan fingerprint density at radius 2 is 2.11 bits per heavy atom. The molecule has 0 bridgehead atoms. The van der Waals surface area contributed by atoms with E-state index in [2.05, 4.69) is 6.07 Å². The van der Waals surface area contributed by atoms with Crippen LogP contribution in [0.1, 0.15) is 47.2 Å². The van der Waals surface area contributed by atoms with E-state index in [1.807, 2.05) is 19.9 Å². The summed E-state index contributed by atoms with van der Waals surface area (Å²) in [5.41, 5.74) is 8.31. The number of rotatable bonds is 6. The maximum Gasteiger partial charge on any atom is 0.167 e. The van der Waals surface area contributed by atoms with Crippen LogP contribution in [-0.2, 0) is 0 Å². The third-order valence-corrected chi connectivity index (χ3v) is 3.78. The van der Waals surface area contributed by atoms with Crippen molar-refractivity contribution in [3.05, 3.63) is 28.8 Å². The lowest BCUT2D eigenvalue weighted by atomic mass is 9.86. The zero-order valence-corrected chi connectivity index (χ0v) is 11.9. The van der Waals surface area contributed by atoms with E-state index in [0.717, 1.165) is 23.5 Å². The minimum absolute atomic E-state index is 0.0814. The zero-order chi connectivity index (χ0) is 13.8. The molecule has 1 fully saturated rings. The fourth-order valence-electron chi connectivity index (χ4n) is 2.48. The van der Waals surface area contributed by atoms with Crippen LogP contribution in [0.3, 0.4) is 0 Å². The van der Waals surface area contributed by atoms with Crippen molar-refractivity contribution in [1.82, 2.24) is 0 Å². The molecule has 2 rings (SSSR count). The summed E-state index contributed by atoms with van der Waals surface area (Å²) in [6, 6.07) is 3.98. The molecule has 104 valence electrons. The summed E-state index contributed by atoms with van der Waals surface area (Å²) in [6.07, 6.45) is 4.18. The molecular formula is C16H23NO2. The van der Waals surface area contributed by atoms with Gasteiger partial charge in [-0.15, -0.1) is 0 Å². The van der Waals surface area contributed by atoms with Crippen LogP contribution in [0.4, 0.5) is 0 Å². The standard InChI is InChI=1S/C16H23NO2/c1-11-8-12(2)16(19-10-13-4-3-5-13)14(9-11)15(18)6-7-17/h8-9,13H,3-7,10,17H2,1-2H3. The summed E-state index contributed by atoms with van der Waals surface area (Å²) in [5.74, 6) is 1.51. The van der Waals surface area contributed by atoms with Gasteiger partial charge in [-0.2, -0.15) is 0 Å². The second-order valence-corrected chi connectivity index (χ2v) is 5.53. The molecule has 3 nitrogen and oxygen atoms in total. The van der Waals surface area contributed by atoms with Crippen molar-refractivity contribution in [2.75, 3.05) is 13.2 Å². The number of hydrogen-bond acceptors (Lipinski definition) is 3. The van der Waals surface area contributed by atoms with Gasteiger partial charge in [-0.05, 0) is 56.3 Å². The van der Waals surface area contributed by atoms with Crippen LogP contribution in [0.25, 0.3) is 0 Å². The number of aryl methyl sites for hydroxylation is 2. The van der Waals surface area contributed by atoms with Gasteiger partial charge in [0.15, 0.2) is 5.78 Å². The van der Waals surface area contributed by atoms with E-state index in [9.17, 15) is 4.79 Å². The van der Waals surface area contributed by atoms with Crippen molar-refractivity contribution >= 4 is 5.78 Å².